The van der Waals surface area contributed by atoms with Crippen LogP contribution in [0.3, 0.4) is 0 Å². The number of hydrogen-bond acceptors (Lipinski definition) is 6. The van der Waals surface area contributed by atoms with E-state index in [0.29, 0.717) is 24.3 Å². The second kappa shape index (κ2) is 9.76. The van der Waals surface area contributed by atoms with Crippen LogP contribution in [-0.2, 0) is 14.8 Å². The van der Waals surface area contributed by atoms with Gasteiger partial charge in [-0.2, -0.15) is 5.26 Å². The number of fused-ring (bicyclic) bond motifs is 1. The molecule has 2 heterocycles. The average Bonchev–Trinajstić information content (AvgIpc) is 3.18. The number of alkyl halides is 1. The zero-order valence-corrected chi connectivity index (χ0v) is 21.1. The van der Waals surface area contributed by atoms with Crippen LogP contribution in [0.4, 0.5) is 10.1 Å². The molecule has 0 radical (unpaired) electrons. The number of aryl methyl sites for hydroxylation is 1. The van der Waals surface area contributed by atoms with Crippen molar-refractivity contribution >= 4 is 27.5 Å². The molecule has 2 N–H and O–H groups in total. The van der Waals surface area contributed by atoms with Crippen LogP contribution in [0.25, 0.3) is 0 Å². The van der Waals surface area contributed by atoms with Crippen LogP contribution < -0.4 is 10.0 Å². The summed E-state index contributed by atoms with van der Waals surface area (Å²) in [7, 11) is -3.72. The number of amides is 2. The average molecular weight is 526 g/mol. The minimum atomic E-state index is -3.72. The molecule has 1 saturated carbocycles. The third-order valence-corrected chi connectivity index (χ3v) is 8.80. The summed E-state index contributed by atoms with van der Waals surface area (Å²) in [5.74, 6) is 0.0915. The number of carbonyl (C=O) groups is 2. The van der Waals surface area contributed by atoms with Crippen molar-refractivity contribution in [3.05, 3.63) is 59.7 Å². The quantitative estimate of drug-likeness (QED) is 0.570. The summed E-state index contributed by atoms with van der Waals surface area (Å²) < 4.78 is 41.3. The van der Waals surface area contributed by atoms with E-state index < -0.39 is 22.2 Å². The standard InChI is InChI=1S/C26H28FN5O4S/c1-16-2-8-21(9-3-16)37(35,36)30-19-6-4-17(5-7-19)26(34)31-14-22-23(15-31)25(22)29-12-24(33)32-13-18(27)10-20(32)11-28/h2-9,18,20,22-23,25,29-30H,10,12-15H2,1H3/t18-,20?,22?,23?,25?/m0/s1. The summed E-state index contributed by atoms with van der Waals surface area (Å²) in [5, 5.41) is 12.3. The molecule has 0 spiro atoms. The van der Waals surface area contributed by atoms with E-state index in [1.807, 2.05) is 13.0 Å². The van der Waals surface area contributed by atoms with Gasteiger partial charge in [0.2, 0.25) is 5.91 Å². The van der Waals surface area contributed by atoms with Gasteiger partial charge in [-0.1, -0.05) is 17.7 Å². The van der Waals surface area contributed by atoms with Crippen molar-refractivity contribution < 1.29 is 22.4 Å². The Kier molecular flexibility index (Phi) is 6.64. The zero-order valence-electron chi connectivity index (χ0n) is 20.3. The van der Waals surface area contributed by atoms with E-state index in [1.165, 1.54) is 4.90 Å². The van der Waals surface area contributed by atoms with Gasteiger partial charge < -0.3 is 15.1 Å². The molecule has 2 amide bonds. The maximum atomic E-state index is 13.6. The van der Waals surface area contributed by atoms with Gasteiger partial charge in [-0.05, 0) is 55.2 Å². The predicted molar refractivity (Wildman–Crippen MR) is 134 cm³/mol. The van der Waals surface area contributed by atoms with E-state index >= 15 is 0 Å². The minimum Gasteiger partial charge on any atom is -0.338 e. The normalized spacial score (nSPS) is 26.5. The number of sulfonamides is 1. The molecule has 0 aromatic heterocycles. The van der Waals surface area contributed by atoms with E-state index in [0.717, 1.165) is 5.56 Å². The smallest absolute Gasteiger partial charge is 0.261 e. The number of likely N-dealkylation sites (tertiary alicyclic amines) is 2. The van der Waals surface area contributed by atoms with E-state index in [-0.39, 0.29) is 54.1 Å². The van der Waals surface area contributed by atoms with Crippen LogP contribution in [0, 0.1) is 30.1 Å². The van der Waals surface area contributed by atoms with Gasteiger partial charge in [0.05, 0.1) is 24.1 Å². The minimum absolute atomic E-state index is 0.0370. The lowest BCUT2D eigenvalue weighted by Gasteiger charge is -2.22. The molecule has 2 aliphatic heterocycles. The van der Waals surface area contributed by atoms with Gasteiger partial charge in [-0.3, -0.25) is 14.3 Å². The Labute approximate surface area is 215 Å². The van der Waals surface area contributed by atoms with E-state index in [2.05, 4.69) is 10.0 Å². The highest BCUT2D eigenvalue weighted by Gasteiger charge is 2.56. The van der Waals surface area contributed by atoms with Crippen LogP contribution >= 0.6 is 0 Å². The Morgan fingerprint density at radius 2 is 1.70 bits per heavy atom. The molecule has 5 rings (SSSR count). The van der Waals surface area contributed by atoms with Gasteiger partial charge in [-0.25, -0.2) is 12.8 Å². The Morgan fingerprint density at radius 1 is 1.05 bits per heavy atom. The summed E-state index contributed by atoms with van der Waals surface area (Å²) in [6, 6.07) is 14.3. The lowest BCUT2D eigenvalue weighted by atomic mass is 10.2. The van der Waals surface area contributed by atoms with Crippen molar-refractivity contribution in [2.45, 2.75) is 36.5 Å². The van der Waals surface area contributed by atoms with Gasteiger partial charge in [0.1, 0.15) is 12.2 Å². The molecule has 1 aliphatic carbocycles. The predicted octanol–water partition coefficient (Wildman–Crippen LogP) is 1.92. The number of hydrogen-bond donors (Lipinski definition) is 2. The fourth-order valence-electron chi connectivity index (χ4n) is 5.28. The monoisotopic (exact) mass is 525 g/mol. The van der Waals surface area contributed by atoms with Gasteiger partial charge in [0.25, 0.3) is 15.9 Å². The Hall–Kier alpha value is -3.49. The molecule has 2 saturated heterocycles. The van der Waals surface area contributed by atoms with Crippen LogP contribution in [0.5, 0.6) is 0 Å². The molecule has 3 unspecified atom stereocenters. The summed E-state index contributed by atoms with van der Waals surface area (Å²) >= 11 is 0. The number of carbonyl (C=O) groups excluding carboxylic acids is 2. The molecular formula is C26H28FN5O4S. The topological polar surface area (TPSA) is 123 Å². The maximum absolute atomic E-state index is 13.6. The van der Waals surface area contributed by atoms with Crippen molar-refractivity contribution in [1.29, 1.82) is 5.26 Å². The second-order valence-electron chi connectivity index (χ2n) is 9.96. The van der Waals surface area contributed by atoms with Crippen molar-refractivity contribution in [1.82, 2.24) is 15.1 Å². The number of halogens is 1. The van der Waals surface area contributed by atoms with Crippen LogP contribution in [-0.4, -0.2) is 74.5 Å². The number of rotatable bonds is 7. The summed E-state index contributed by atoms with van der Waals surface area (Å²) in [5.41, 5.74) is 1.80. The highest BCUT2D eigenvalue weighted by Crippen LogP contribution is 2.45. The summed E-state index contributed by atoms with van der Waals surface area (Å²) in [6.07, 6.45) is -1.09. The molecule has 9 nitrogen and oxygen atoms in total. The first kappa shape index (κ1) is 25.2. The Morgan fingerprint density at radius 3 is 2.32 bits per heavy atom. The van der Waals surface area contributed by atoms with E-state index in [1.54, 1.807) is 53.4 Å². The molecule has 3 fully saturated rings. The molecule has 2 aromatic carbocycles. The summed E-state index contributed by atoms with van der Waals surface area (Å²) in [4.78, 5) is 28.6. The largest absolute Gasteiger partial charge is 0.338 e. The van der Waals surface area contributed by atoms with Crippen molar-refractivity contribution in [2.75, 3.05) is 30.9 Å². The third kappa shape index (κ3) is 5.17. The summed E-state index contributed by atoms with van der Waals surface area (Å²) in [6.45, 7) is 3.02. The van der Waals surface area contributed by atoms with E-state index in [4.69, 9.17) is 5.26 Å². The highest BCUT2D eigenvalue weighted by atomic mass is 32.2. The SMILES string of the molecule is Cc1ccc(S(=O)(=O)Nc2ccc(C(=O)N3CC4C(C3)C4NCC(=O)N3C[C@@H](F)CC3C#N)cc2)cc1. The van der Waals surface area contributed by atoms with Gasteiger partial charge in [-0.15, -0.1) is 0 Å². The van der Waals surface area contributed by atoms with E-state index in [9.17, 15) is 22.4 Å². The second-order valence-corrected chi connectivity index (χ2v) is 11.6. The number of piperidine rings is 1. The lowest BCUT2D eigenvalue weighted by Crippen LogP contribution is -2.43. The number of nitrogens with zero attached hydrogens (tertiary/aromatic N) is 3. The van der Waals surface area contributed by atoms with Crippen LogP contribution in [0.1, 0.15) is 22.3 Å². The number of benzene rings is 2. The molecule has 4 atom stereocenters. The van der Waals surface area contributed by atoms with Crippen LogP contribution in [0.2, 0.25) is 0 Å². The molecule has 194 valence electrons. The first-order valence-electron chi connectivity index (χ1n) is 12.2. The maximum Gasteiger partial charge on any atom is 0.261 e. The molecule has 37 heavy (non-hydrogen) atoms. The fraction of sp³-hybridized carbons (Fsp3) is 0.423. The van der Waals surface area contributed by atoms with Crippen LogP contribution in [0.15, 0.2) is 53.4 Å². The molecule has 3 aliphatic rings. The fourth-order valence-corrected chi connectivity index (χ4v) is 6.34. The lowest BCUT2D eigenvalue weighted by molar-refractivity contribution is -0.130. The Bertz CT molecular complexity index is 1330. The Balaban J connectivity index is 1.10. The number of nitriles is 1. The van der Waals surface area contributed by atoms with Gasteiger partial charge in [0, 0.05) is 36.8 Å². The number of anilines is 1. The molecule has 0 bridgehead atoms. The highest BCUT2D eigenvalue weighted by molar-refractivity contribution is 7.92. The van der Waals surface area contributed by atoms with Crippen molar-refractivity contribution in [2.24, 2.45) is 11.8 Å². The van der Waals surface area contributed by atoms with Gasteiger partial charge >= 0.3 is 0 Å². The zero-order chi connectivity index (χ0) is 26.3. The molecule has 2 aromatic rings. The first-order valence-corrected chi connectivity index (χ1v) is 13.7. The molecule has 11 heteroatoms. The van der Waals surface area contributed by atoms with Crippen molar-refractivity contribution in [3.63, 3.8) is 0 Å². The van der Waals surface area contributed by atoms with Crippen molar-refractivity contribution in [3.8, 4) is 6.07 Å². The number of nitrogens with one attached hydrogen (secondary N) is 2. The van der Waals surface area contributed by atoms with Gasteiger partial charge in [0.15, 0.2) is 0 Å². The first-order chi connectivity index (χ1) is 17.7. The molecular weight excluding hydrogens is 497 g/mol. The third-order valence-electron chi connectivity index (χ3n) is 7.40.